The Balaban J connectivity index is 2.30. The quantitative estimate of drug-likeness (QED) is 0.923. The SMILES string of the molecule is N#Cc1cc(N)cnc1Sc1ccc(Br)cc1. The molecule has 2 rings (SSSR count). The van der Waals surface area contributed by atoms with Crippen LogP contribution in [0.1, 0.15) is 5.56 Å². The molecule has 5 heteroatoms. The zero-order valence-corrected chi connectivity index (χ0v) is 11.1. The average molecular weight is 306 g/mol. The van der Waals surface area contributed by atoms with Crippen molar-refractivity contribution in [2.45, 2.75) is 9.92 Å². The van der Waals surface area contributed by atoms with Crippen molar-refractivity contribution < 1.29 is 0 Å². The van der Waals surface area contributed by atoms with Crippen molar-refractivity contribution in [3.05, 3.63) is 46.6 Å². The zero-order valence-electron chi connectivity index (χ0n) is 8.72. The Morgan fingerprint density at radius 2 is 2.00 bits per heavy atom. The van der Waals surface area contributed by atoms with E-state index in [1.165, 1.54) is 11.8 Å². The van der Waals surface area contributed by atoms with Crippen molar-refractivity contribution in [2.24, 2.45) is 0 Å². The van der Waals surface area contributed by atoms with Crippen LogP contribution in [0.15, 0.2) is 50.9 Å². The molecule has 84 valence electrons. The van der Waals surface area contributed by atoms with E-state index in [2.05, 4.69) is 27.0 Å². The van der Waals surface area contributed by atoms with Gasteiger partial charge in [0.15, 0.2) is 0 Å². The van der Waals surface area contributed by atoms with Crippen molar-refractivity contribution in [2.75, 3.05) is 5.73 Å². The fraction of sp³-hybridized carbons (Fsp3) is 0. The van der Waals surface area contributed by atoms with Crippen LogP contribution in [0.25, 0.3) is 0 Å². The highest BCUT2D eigenvalue weighted by Crippen LogP contribution is 2.29. The molecule has 0 saturated heterocycles. The third kappa shape index (κ3) is 2.99. The minimum absolute atomic E-state index is 0.498. The summed E-state index contributed by atoms with van der Waals surface area (Å²) in [7, 11) is 0. The van der Waals surface area contributed by atoms with Gasteiger partial charge in [-0.3, -0.25) is 0 Å². The topological polar surface area (TPSA) is 62.7 Å². The summed E-state index contributed by atoms with van der Waals surface area (Å²) in [4.78, 5) is 5.20. The molecule has 0 bridgehead atoms. The molecule has 2 N–H and O–H groups in total. The fourth-order valence-corrected chi connectivity index (χ4v) is 2.32. The highest BCUT2D eigenvalue weighted by Gasteiger charge is 2.06. The van der Waals surface area contributed by atoms with E-state index in [1.54, 1.807) is 12.3 Å². The number of hydrogen-bond acceptors (Lipinski definition) is 4. The van der Waals surface area contributed by atoms with Gasteiger partial charge in [0, 0.05) is 9.37 Å². The minimum atomic E-state index is 0.498. The number of benzene rings is 1. The molecule has 1 aromatic carbocycles. The Hall–Kier alpha value is -1.51. The first-order chi connectivity index (χ1) is 8.19. The largest absolute Gasteiger partial charge is 0.397 e. The molecule has 0 spiro atoms. The van der Waals surface area contributed by atoms with Gasteiger partial charge in [0.2, 0.25) is 0 Å². The van der Waals surface area contributed by atoms with E-state index in [-0.39, 0.29) is 0 Å². The van der Waals surface area contributed by atoms with Crippen molar-refractivity contribution in [1.82, 2.24) is 4.98 Å². The minimum Gasteiger partial charge on any atom is -0.397 e. The van der Waals surface area contributed by atoms with E-state index >= 15 is 0 Å². The van der Waals surface area contributed by atoms with Gasteiger partial charge in [-0.1, -0.05) is 27.7 Å². The fourth-order valence-electron chi connectivity index (χ4n) is 1.24. The van der Waals surface area contributed by atoms with Gasteiger partial charge in [-0.2, -0.15) is 5.26 Å². The molecule has 0 aliphatic heterocycles. The summed E-state index contributed by atoms with van der Waals surface area (Å²) < 4.78 is 1.02. The van der Waals surface area contributed by atoms with Gasteiger partial charge in [-0.15, -0.1) is 0 Å². The molecule has 0 fully saturated rings. The van der Waals surface area contributed by atoms with Crippen LogP contribution in [0.2, 0.25) is 0 Å². The van der Waals surface area contributed by atoms with Crippen molar-refractivity contribution in [1.29, 1.82) is 5.26 Å². The van der Waals surface area contributed by atoms with Crippen LogP contribution in [0, 0.1) is 11.3 Å². The monoisotopic (exact) mass is 305 g/mol. The lowest BCUT2D eigenvalue weighted by Gasteiger charge is -2.03. The van der Waals surface area contributed by atoms with E-state index in [4.69, 9.17) is 11.0 Å². The summed E-state index contributed by atoms with van der Waals surface area (Å²) in [6.07, 6.45) is 1.56. The standard InChI is InChI=1S/C12H8BrN3S/c13-9-1-3-11(4-2-9)17-12-8(6-14)5-10(15)7-16-12/h1-5,7H,15H2. The second kappa shape index (κ2) is 5.21. The second-order valence-electron chi connectivity index (χ2n) is 3.29. The van der Waals surface area contributed by atoms with Crippen LogP contribution in [0.3, 0.4) is 0 Å². The number of nitriles is 1. The predicted molar refractivity (Wildman–Crippen MR) is 71.6 cm³/mol. The molecule has 0 unspecified atom stereocenters. The first kappa shape index (κ1) is 12.0. The molecule has 0 aliphatic rings. The normalized spacial score (nSPS) is 9.88. The number of anilines is 1. The summed E-state index contributed by atoms with van der Waals surface area (Å²) in [5, 5.41) is 9.67. The van der Waals surface area contributed by atoms with Gasteiger partial charge in [-0.25, -0.2) is 4.98 Å². The summed E-state index contributed by atoms with van der Waals surface area (Å²) in [6.45, 7) is 0. The van der Waals surface area contributed by atoms with Crippen LogP contribution in [-0.2, 0) is 0 Å². The maximum Gasteiger partial charge on any atom is 0.119 e. The van der Waals surface area contributed by atoms with Crippen LogP contribution in [-0.4, -0.2) is 4.98 Å². The molecule has 0 amide bonds. The van der Waals surface area contributed by atoms with E-state index in [1.807, 2.05) is 24.3 Å². The average Bonchev–Trinajstić information content (AvgIpc) is 2.34. The molecule has 0 radical (unpaired) electrons. The first-order valence-electron chi connectivity index (χ1n) is 4.78. The van der Waals surface area contributed by atoms with Gasteiger partial charge in [0.25, 0.3) is 0 Å². The molecule has 0 saturated carbocycles. The van der Waals surface area contributed by atoms with Gasteiger partial charge < -0.3 is 5.73 Å². The lowest BCUT2D eigenvalue weighted by molar-refractivity contribution is 1.11. The zero-order chi connectivity index (χ0) is 12.3. The number of aromatic nitrogens is 1. The van der Waals surface area contributed by atoms with Crippen LogP contribution in [0.5, 0.6) is 0 Å². The smallest absolute Gasteiger partial charge is 0.119 e. The highest BCUT2D eigenvalue weighted by atomic mass is 79.9. The van der Waals surface area contributed by atoms with Gasteiger partial charge in [0.1, 0.15) is 11.1 Å². The molecular formula is C12H8BrN3S. The molecule has 0 aliphatic carbocycles. The number of hydrogen-bond donors (Lipinski definition) is 1. The Morgan fingerprint density at radius 3 is 2.65 bits per heavy atom. The van der Waals surface area contributed by atoms with Crippen LogP contribution < -0.4 is 5.73 Å². The molecule has 1 aromatic heterocycles. The predicted octanol–water partition coefficient (Wildman–Crippen LogP) is 3.45. The second-order valence-corrected chi connectivity index (χ2v) is 5.27. The number of rotatable bonds is 2. The molecule has 2 aromatic rings. The molecule has 3 nitrogen and oxygen atoms in total. The lowest BCUT2D eigenvalue weighted by atomic mass is 10.3. The van der Waals surface area contributed by atoms with Crippen molar-refractivity contribution >= 4 is 33.4 Å². The Kier molecular flexibility index (Phi) is 3.67. The highest BCUT2D eigenvalue weighted by molar-refractivity contribution is 9.10. The molecular weight excluding hydrogens is 298 g/mol. The van der Waals surface area contributed by atoms with Gasteiger partial charge in [-0.05, 0) is 30.3 Å². The third-order valence-corrected chi connectivity index (χ3v) is 3.58. The van der Waals surface area contributed by atoms with E-state index in [9.17, 15) is 0 Å². The Morgan fingerprint density at radius 1 is 1.29 bits per heavy atom. The molecule has 17 heavy (non-hydrogen) atoms. The number of nitrogen functional groups attached to an aromatic ring is 1. The van der Waals surface area contributed by atoms with E-state index in [0.29, 0.717) is 16.3 Å². The maximum atomic E-state index is 9.00. The maximum absolute atomic E-state index is 9.00. The Bertz CT molecular complexity index is 575. The number of nitrogens with zero attached hydrogens (tertiary/aromatic N) is 2. The third-order valence-electron chi connectivity index (χ3n) is 2.02. The summed E-state index contributed by atoms with van der Waals surface area (Å²) >= 11 is 4.82. The number of pyridine rings is 1. The summed E-state index contributed by atoms with van der Waals surface area (Å²) in [6, 6.07) is 11.6. The van der Waals surface area contributed by atoms with Gasteiger partial charge >= 0.3 is 0 Å². The Labute approximate surface area is 112 Å². The first-order valence-corrected chi connectivity index (χ1v) is 6.39. The lowest BCUT2D eigenvalue weighted by Crippen LogP contribution is -1.91. The summed E-state index contributed by atoms with van der Waals surface area (Å²) in [5.74, 6) is 0. The van der Waals surface area contributed by atoms with Crippen LogP contribution in [0.4, 0.5) is 5.69 Å². The molecule has 1 heterocycles. The summed E-state index contributed by atoms with van der Waals surface area (Å²) in [5.41, 5.74) is 6.59. The van der Waals surface area contributed by atoms with Crippen LogP contribution >= 0.6 is 27.7 Å². The number of nitrogens with two attached hydrogens (primary N) is 1. The number of halogens is 1. The molecule has 0 atom stereocenters. The van der Waals surface area contributed by atoms with Gasteiger partial charge in [0.05, 0.1) is 17.4 Å². The van der Waals surface area contributed by atoms with Crippen molar-refractivity contribution in [3.63, 3.8) is 0 Å². The van der Waals surface area contributed by atoms with Crippen molar-refractivity contribution in [3.8, 4) is 6.07 Å². The van der Waals surface area contributed by atoms with E-state index < -0.39 is 0 Å². The van der Waals surface area contributed by atoms with E-state index in [0.717, 1.165) is 9.37 Å².